The molecule has 3 atom stereocenters. The third-order valence-electron chi connectivity index (χ3n) is 8.12. The van der Waals surface area contributed by atoms with Crippen LogP contribution in [0, 0.1) is 0 Å². The van der Waals surface area contributed by atoms with Gasteiger partial charge in [0.25, 0.3) is 0 Å². The molecule has 3 aliphatic rings. The number of benzene rings is 2. The smallest absolute Gasteiger partial charge is 0.348 e. The van der Waals surface area contributed by atoms with Crippen molar-refractivity contribution >= 4 is 16.8 Å². The van der Waals surface area contributed by atoms with E-state index in [0.29, 0.717) is 23.2 Å². The Bertz CT molecular complexity index is 934. The molecule has 6 heteroatoms. The summed E-state index contributed by atoms with van der Waals surface area (Å²) in [6, 6.07) is 20.2. The first-order valence-electron chi connectivity index (χ1n) is 12.2. The van der Waals surface area contributed by atoms with Crippen LogP contribution in [0.4, 0.5) is 0 Å². The van der Waals surface area contributed by atoms with Gasteiger partial charge in [-0.25, -0.2) is 4.79 Å². The van der Waals surface area contributed by atoms with Gasteiger partial charge in [-0.15, -0.1) is 0 Å². The molecule has 2 bridgehead atoms. The van der Waals surface area contributed by atoms with E-state index in [1.54, 1.807) is 6.26 Å². The quantitative estimate of drug-likeness (QED) is 0.453. The highest BCUT2D eigenvalue weighted by molar-refractivity contribution is 7.84. The van der Waals surface area contributed by atoms with Crippen LogP contribution in [0.25, 0.3) is 0 Å². The first kappa shape index (κ1) is 22.8. The molecule has 0 N–H and O–H groups in total. The number of nitrogens with zero attached hydrogens (tertiary/aromatic N) is 1. The number of carbonyl (C=O) groups is 1. The van der Waals surface area contributed by atoms with Gasteiger partial charge in [0.05, 0.1) is 25.2 Å². The number of hydrogen-bond acceptors (Lipinski definition) is 4. The summed E-state index contributed by atoms with van der Waals surface area (Å²) in [5, 5.41) is 0. The Morgan fingerprint density at radius 1 is 0.939 bits per heavy atom. The summed E-state index contributed by atoms with van der Waals surface area (Å²) in [7, 11) is -1.22. The molecule has 0 amide bonds. The Labute approximate surface area is 199 Å². The average Bonchev–Trinajstić information content (AvgIpc) is 3.37. The van der Waals surface area contributed by atoms with Gasteiger partial charge in [-0.05, 0) is 11.1 Å². The van der Waals surface area contributed by atoms with Crippen LogP contribution in [0.5, 0.6) is 0 Å². The lowest BCUT2D eigenvalue weighted by atomic mass is 9.85. The standard InChI is InChI=1S/C27H34NO4S/c1-33(30)20-31-27(21-10-4-2-5-11-21,22-12-6-3-7-13-22)26(29)32-25-18-23-14-15-24(19-25)28(23)16-8-9-17-28/h2-7,10-13,23-25H,8-9,14-20H2,1H3/q+1. The van der Waals surface area contributed by atoms with Crippen molar-refractivity contribution in [2.24, 2.45) is 0 Å². The van der Waals surface area contributed by atoms with Crippen molar-refractivity contribution in [1.29, 1.82) is 0 Å². The number of rotatable bonds is 7. The number of carbonyl (C=O) groups excluding carboxylic acids is 1. The number of ether oxygens (including phenoxy) is 2. The van der Waals surface area contributed by atoms with Gasteiger partial charge in [0.2, 0.25) is 5.60 Å². The van der Waals surface area contributed by atoms with E-state index < -0.39 is 22.4 Å². The van der Waals surface area contributed by atoms with Crippen LogP contribution >= 0.6 is 0 Å². The number of piperidine rings is 1. The number of quaternary nitrogens is 1. The van der Waals surface area contributed by atoms with E-state index in [1.165, 1.54) is 43.3 Å². The summed E-state index contributed by atoms with van der Waals surface area (Å²) in [6.07, 6.45) is 8.49. The SMILES string of the molecule is CS(=O)COC(C(=O)OC1CC2CCC(C1)[N+]21CCCC1)(c1ccccc1)c1ccccc1. The van der Waals surface area contributed by atoms with Crippen LogP contribution in [0.15, 0.2) is 60.7 Å². The molecule has 3 fully saturated rings. The second-order valence-corrected chi connectivity index (χ2v) is 11.3. The van der Waals surface area contributed by atoms with E-state index in [1.807, 2.05) is 60.7 Å². The van der Waals surface area contributed by atoms with Crippen LogP contribution in [-0.4, -0.2) is 58.1 Å². The highest BCUT2D eigenvalue weighted by atomic mass is 32.2. The van der Waals surface area contributed by atoms with Crippen molar-refractivity contribution in [1.82, 2.24) is 0 Å². The largest absolute Gasteiger partial charge is 0.459 e. The van der Waals surface area contributed by atoms with Crippen molar-refractivity contribution in [3.8, 4) is 0 Å². The fourth-order valence-electron chi connectivity index (χ4n) is 6.69. The molecule has 5 rings (SSSR count). The molecule has 2 aromatic carbocycles. The first-order valence-corrected chi connectivity index (χ1v) is 13.9. The number of hydrogen-bond donors (Lipinski definition) is 0. The highest BCUT2D eigenvalue weighted by Gasteiger charge is 2.56. The van der Waals surface area contributed by atoms with Crippen LogP contribution in [-0.2, 0) is 30.7 Å². The molecule has 0 aliphatic carbocycles. The predicted molar refractivity (Wildman–Crippen MR) is 129 cm³/mol. The zero-order valence-corrected chi connectivity index (χ0v) is 20.2. The molecule has 3 aliphatic heterocycles. The van der Waals surface area contributed by atoms with Crippen molar-refractivity contribution in [3.63, 3.8) is 0 Å². The molecular formula is C27H34NO4S+. The zero-order valence-electron chi connectivity index (χ0n) is 19.4. The summed E-state index contributed by atoms with van der Waals surface area (Å²) >= 11 is 0. The zero-order chi connectivity index (χ0) is 22.9. The summed E-state index contributed by atoms with van der Waals surface area (Å²) in [5.41, 5.74) is -0.0353. The van der Waals surface area contributed by atoms with Crippen molar-refractivity contribution in [3.05, 3.63) is 71.8 Å². The summed E-state index contributed by atoms with van der Waals surface area (Å²) in [5.74, 6) is -0.445. The molecule has 0 aromatic heterocycles. The maximum atomic E-state index is 14.0. The Kier molecular flexibility index (Phi) is 6.43. The topological polar surface area (TPSA) is 52.6 Å². The fraction of sp³-hybridized carbons (Fsp3) is 0.519. The number of esters is 1. The lowest BCUT2D eigenvalue weighted by Crippen LogP contribution is -2.60. The van der Waals surface area contributed by atoms with Gasteiger partial charge < -0.3 is 14.0 Å². The molecule has 0 radical (unpaired) electrons. The monoisotopic (exact) mass is 468 g/mol. The summed E-state index contributed by atoms with van der Waals surface area (Å²) < 4.78 is 25.9. The van der Waals surface area contributed by atoms with Gasteiger partial charge >= 0.3 is 5.97 Å². The molecule has 3 heterocycles. The summed E-state index contributed by atoms with van der Waals surface area (Å²) in [4.78, 5) is 14.0. The highest BCUT2D eigenvalue weighted by Crippen LogP contribution is 2.47. The van der Waals surface area contributed by atoms with Crippen LogP contribution in [0.1, 0.15) is 49.7 Å². The lowest BCUT2D eigenvalue weighted by molar-refractivity contribution is -0.956. The first-order chi connectivity index (χ1) is 16.0. The minimum absolute atomic E-state index is 0.0468. The van der Waals surface area contributed by atoms with Gasteiger partial charge in [-0.1, -0.05) is 60.7 Å². The second kappa shape index (κ2) is 9.32. The third kappa shape index (κ3) is 4.07. The molecule has 2 aromatic rings. The molecule has 3 unspecified atom stereocenters. The van der Waals surface area contributed by atoms with E-state index in [4.69, 9.17) is 9.47 Å². The minimum atomic E-state index is -1.44. The van der Waals surface area contributed by atoms with E-state index in [9.17, 15) is 9.00 Å². The van der Waals surface area contributed by atoms with E-state index in [0.717, 1.165) is 12.8 Å². The Morgan fingerprint density at radius 3 is 1.94 bits per heavy atom. The Balaban J connectivity index is 1.46. The average molecular weight is 469 g/mol. The maximum absolute atomic E-state index is 14.0. The van der Waals surface area contributed by atoms with Crippen LogP contribution in [0.2, 0.25) is 0 Å². The molecule has 5 nitrogen and oxygen atoms in total. The Hall–Kier alpha value is -2.02. The molecule has 33 heavy (non-hydrogen) atoms. The predicted octanol–water partition coefficient (Wildman–Crippen LogP) is 4.13. The molecular weight excluding hydrogens is 434 g/mol. The molecule has 3 saturated heterocycles. The fourth-order valence-corrected chi connectivity index (χ4v) is 7.03. The van der Waals surface area contributed by atoms with E-state index in [-0.39, 0.29) is 12.0 Å². The summed E-state index contributed by atoms with van der Waals surface area (Å²) in [6.45, 7) is 2.58. The normalized spacial score (nSPS) is 26.9. The van der Waals surface area contributed by atoms with Gasteiger partial charge in [0, 0.05) is 55.6 Å². The minimum Gasteiger partial charge on any atom is -0.459 e. The van der Waals surface area contributed by atoms with Gasteiger partial charge in [-0.3, -0.25) is 4.21 Å². The van der Waals surface area contributed by atoms with E-state index in [2.05, 4.69) is 0 Å². The van der Waals surface area contributed by atoms with Gasteiger partial charge in [0.15, 0.2) is 0 Å². The Morgan fingerprint density at radius 2 is 1.45 bits per heavy atom. The lowest BCUT2D eigenvalue weighted by Gasteiger charge is -2.47. The molecule has 0 saturated carbocycles. The molecule has 176 valence electrons. The van der Waals surface area contributed by atoms with Crippen LogP contribution < -0.4 is 0 Å². The maximum Gasteiger partial charge on any atom is 0.348 e. The second-order valence-electron chi connectivity index (χ2n) is 9.89. The van der Waals surface area contributed by atoms with Crippen molar-refractivity contribution in [2.45, 2.75) is 62.3 Å². The van der Waals surface area contributed by atoms with Crippen LogP contribution in [0.3, 0.4) is 0 Å². The molecule has 1 spiro atoms. The van der Waals surface area contributed by atoms with Gasteiger partial charge in [-0.2, -0.15) is 0 Å². The van der Waals surface area contributed by atoms with Gasteiger partial charge in [0.1, 0.15) is 12.0 Å². The van der Waals surface area contributed by atoms with Crippen molar-refractivity contribution in [2.75, 3.05) is 25.3 Å². The van der Waals surface area contributed by atoms with Crippen molar-refractivity contribution < 1.29 is 23.0 Å². The van der Waals surface area contributed by atoms with E-state index >= 15 is 0 Å². The third-order valence-corrected chi connectivity index (χ3v) is 8.57.